The maximum Gasteiger partial charge on any atom is 0.293 e. The van der Waals surface area contributed by atoms with Crippen LogP contribution < -0.4 is 15.8 Å². The second-order valence-electron chi connectivity index (χ2n) is 5.20. The third-order valence-electron chi connectivity index (χ3n) is 3.27. The molecule has 1 saturated heterocycles. The zero-order valence-electron chi connectivity index (χ0n) is 11.4. The first-order valence-electron chi connectivity index (χ1n) is 6.66. The molecule has 1 fully saturated rings. The number of anilines is 1. The third kappa shape index (κ3) is 2.56. The molecule has 0 radical (unpaired) electrons. The summed E-state index contributed by atoms with van der Waals surface area (Å²) >= 11 is 0. The molecule has 0 saturated carbocycles. The van der Waals surface area contributed by atoms with Gasteiger partial charge in [0.2, 0.25) is 0 Å². The van der Waals surface area contributed by atoms with Gasteiger partial charge in [0.25, 0.3) is 5.56 Å². The molecule has 0 spiro atoms. The van der Waals surface area contributed by atoms with Gasteiger partial charge in [-0.3, -0.25) is 4.79 Å². The van der Waals surface area contributed by atoms with Crippen molar-refractivity contribution in [2.24, 2.45) is 5.92 Å². The Balaban J connectivity index is 2.29. The van der Waals surface area contributed by atoms with Gasteiger partial charge in [-0.15, -0.1) is 0 Å². The molecule has 2 heterocycles. The molecule has 1 aromatic rings. The van der Waals surface area contributed by atoms with Crippen molar-refractivity contribution in [2.45, 2.75) is 33.4 Å². The molecule has 1 N–H and O–H groups in total. The number of likely N-dealkylation sites (N-methyl/N-ethyl adjacent to an activating group) is 1. The van der Waals surface area contributed by atoms with E-state index < -0.39 is 0 Å². The summed E-state index contributed by atoms with van der Waals surface area (Å²) in [5.41, 5.74) is 0.0277. The standard InChI is InChI=1S/C13H22N4O/c1-4-17(11-7-14-8-11)12-13(18)16(6-5-15-12)9-10(2)3/h5-6,10-11,14H,4,7-9H2,1-3H3. The molecule has 0 atom stereocenters. The first-order valence-corrected chi connectivity index (χ1v) is 6.66. The highest BCUT2D eigenvalue weighted by Gasteiger charge is 2.26. The van der Waals surface area contributed by atoms with Crippen LogP contribution in [-0.2, 0) is 6.54 Å². The van der Waals surface area contributed by atoms with Gasteiger partial charge >= 0.3 is 0 Å². The maximum absolute atomic E-state index is 12.4. The van der Waals surface area contributed by atoms with Crippen molar-refractivity contribution in [3.8, 4) is 0 Å². The zero-order chi connectivity index (χ0) is 13.1. The molecule has 1 aliphatic rings. The molecule has 5 nitrogen and oxygen atoms in total. The average molecular weight is 250 g/mol. The SMILES string of the molecule is CCN(c1nccn(CC(C)C)c1=O)C1CNC1. The summed E-state index contributed by atoms with van der Waals surface area (Å²) in [5, 5.41) is 3.23. The Morgan fingerprint density at radius 1 is 1.56 bits per heavy atom. The van der Waals surface area contributed by atoms with Crippen molar-refractivity contribution in [1.82, 2.24) is 14.9 Å². The lowest BCUT2D eigenvalue weighted by Crippen LogP contribution is -2.58. The van der Waals surface area contributed by atoms with Gasteiger partial charge in [-0.05, 0) is 12.8 Å². The fourth-order valence-electron chi connectivity index (χ4n) is 2.24. The van der Waals surface area contributed by atoms with Crippen LogP contribution in [0.1, 0.15) is 20.8 Å². The van der Waals surface area contributed by atoms with Gasteiger partial charge < -0.3 is 14.8 Å². The number of rotatable bonds is 5. The summed E-state index contributed by atoms with van der Waals surface area (Å²) in [5.74, 6) is 1.05. The van der Waals surface area contributed by atoms with Gasteiger partial charge in [0.15, 0.2) is 5.82 Å². The molecular formula is C13H22N4O. The van der Waals surface area contributed by atoms with Crippen molar-refractivity contribution in [3.05, 3.63) is 22.7 Å². The highest BCUT2D eigenvalue weighted by molar-refractivity contribution is 5.38. The van der Waals surface area contributed by atoms with Crippen LogP contribution in [0, 0.1) is 5.92 Å². The van der Waals surface area contributed by atoms with E-state index in [9.17, 15) is 4.79 Å². The highest BCUT2D eigenvalue weighted by Crippen LogP contribution is 2.12. The minimum atomic E-state index is 0.0277. The van der Waals surface area contributed by atoms with Crippen molar-refractivity contribution in [1.29, 1.82) is 0 Å². The van der Waals surface area contributed by atoms with E-state index in [1.807, 2.05) is 0 Å². The van der Waals surface area contributed by atoms with Crippen LogP contribution >= 0.6 is 0 Å². The van der Waals surface area contributed by atoms with Gasteiger partial charge in [-0.2, -0.15) is 0 Å². The summed E-state index contributed by atoms with van der Waals surface area (Å²) in [6, 6.07) is 0.407. The molecule has 0 unspecified atom stereocenters. The van der Waals surface area contributed by atoms with Crippen LogP contribution in [0.15, 0.2) is 17.2 Å². The van der Waals surface area contributed by atoms with Gasteiger partial charge in [0, 0.05) is 38.6 Å². The first-order chi connectivity index (χ1) is 8.63. The van der Waals surface area contributed by atoms with Crippen molar-refractivity contribution < 1.29 is 0 Å². The Morgan fingerprint density at radius 3 is 2.78 bits per heavy atom. The summed E-state index contributed by atoms with van der Waals surface area (Å²) < 4.78 is 1.77. The van der Waals surface area contributed by atoms with Crippen LogP contribution in [0.25, 0.3) is 0 Å². The fourth-order valence-corrected chi connectivity index (χ4v) is 2.24. The Morgan fingerprint density at radius 2 is 2.28 bits per heavy atom. The van der Waals surface area contributed by atoms with Crippen molar-refractivity contribution in [3.63, 3.8) is 0 Å². The molecular weight excluding hydrogens is 228 g/mol. The molecule has 100 valence electrons. The molecule has 1 aliphatic heterocycles. The minimum absolute atomic E-state index is 0.0277. The second-order valence-corrected chi connectivity index (χ2v) is 5.20. The van der Waals surface area contributed by atoms with Gasteiger partial charge in [0.1, 0.15) is 0 Å². The summed E-state index contributed by atoms with van der Waals surface area (Å²) in [6.07, 6.45) is 3.51. The number of hydrogen-bond donors (Lipinski definition) is 1. The summed E-state index contributed by atoms with van der Waals surface area (Å²) in [4.78, 5) is 18.8. The molecule has 1 aromatic heterocycles. The predicted molar refractivity (Wildman–Crippen MR) is 73.0 cm³/mol. The molecule has 5 heteroatoms. The van der Waals surface area contributed by atoms with E-state index in [0.29, 0.717) is 17.8 Å². The highest BCUT2D eigenvalue weighted by atomic mass is 16.1. The first kappa shape index (κ1) is 13.1. The molecule has 18 heavy (non-hydrogen) atoms. The number of nitrogens with one attached hydrogen (secondary N) is 1. The lowest BCUT2D eigenvalue weighted by Gasteiger charge is -2.38. The Hall–Kier alpha value is -1.36. The lowest BCUT2D eigenvalue weighted by atomic mass is 10.1. The smallest absolute Gasteiger partial charge is 0.293 e. The topological polar surface area (TPSA) is 50.2 Å². The molecule has 0 bridgehead atoms. The zero-order valence-corrected chi connectivity index (χ0v) is 11.4. The molecule has 2 rings (SSSR count). The second kappa shape index (κ2) is 5.52. The Bertz CT molecular complexity index is 451. The van der Waals surface area contributed by atoms with Gasteiger partial charge in [-0.1, -0.05) is 13.8 Å². The number of hydrogen-bond acceptors (Lipinski definition) is 4. The quantitative estimate of drug-likeness (QED) is 0.835. The predicted octanol–water partition coefficient (Wildman–Crippen LogP) is 0.697. The van der Waals surface area contributed by atoms with Crippen LogP contribution in [-0.4, -0.2) is 35.2 Å². The van der Waals surface area contributed by atoms with Crippen LogP contribution in [0.4, 0.5) is 5.82 Å². The molecule has 0 amide bonds. The van der Waals surface area contributed by atoms with Crippen molar-refractivity contribution >= 4 is 5.82 Å². The average Bonchev–Trinajstić information content (AvgIpc) is 2.26. The minimum Gasteiger partial charge on any atom is -0.347 e. The Kier molecular flexibility index (Phi) is 4.01. The largest absolute Gasteiger partial charge is 0.347 e. The van der Waals surface area contributed by atoms with Crippen LogP contribution in [0.2, 0.25) is 0 Å². The van der Waals surface area contributed by atoms with E-state index in [1.54, 1.807) is 17.0 Å². The number of nitrogens with zero attached hydrogens (tertiary/aromatic N) is 3. The van der Waals surface area contributed by atoms with Crippen molar-refractivity contribution in [2.75, 3.05) is 24.5 Å². The maximum atomic E-state index is 12.4. The lowest BCUT2D eigenvalue weighted by molar-refractivity contribution is 0.412. The van der Waals surface area contributed by atoms with E-state index in [1.165, 1.54) is 0 Å². The van der Waals surface area contributed by atoms with E-state index in [0.717, 1.165) is 26.2 Å². The summed E-state index contributed by atoms with van der Waals surface area (Å²) in [6.45, 7) is 9.73. The monoisotopic (exact) mass is 250 g/mol. The van der Waals surface area contributed by atoms with Gasteiger partial charge in [-0.25, -0.2) is 4.98 Å². The molecule has 0 aliphatic carbocycles. The summed E-state index contributed by atoms with van der Waals surface area (Å²) in [7, 11) is 0. The Labute approximate surface area is 108 Å². The third-order valence-corrected chi connectivity index (χ3v) is 3.27. The number of aromatic nitrogens is 2. The van der Waals surface area contributed by atoms with E-state index in [2.05, 4.69) is 36.0 Å². The van der Waals surface area contributed by atoms with E-state index in [-0.39, 0.29) is 5.56 Å². The fraction of sp³-hybridized carbons (Fsp3) is 0.692. The normalized spacial score (nSPS) is 15.8. The van der Waals surface area contributed by atoms with E-state index >= 15 is 0 Å². The van der Waals surface area contributed by atoms with Gasteiger partial charge in [0.05, 0.1) is 6.04 Å². The molecule has 0 aromatic carbocycles. The van der Waals surface area contributed by atoms with E-state index in [4.69, 9.17) is 0 Å². The van der Waals surface area contributed by atoms with Crippen LogP contribution in [0.5, 0.6) is 0 Å². The van der Waals surface area contributed by atoms with Crippen LogP contribution in [0.3, 0.4) is 0 Å².